The van der Waals surface area contributed by atoms with Crippen molar-refractivity contribution in [3.05, 3.63) is 74.4 Å². The summed E-state index contributed by atoms with van der Waals surface area (Å²) in [6.07, 6.45) is 0.902. The molecule has 2 aliphatic heterocycles. The van der Waals surface area contributed by atoms with Gasteiger partial charge in [0.2, 0.25) is 0 Å². The van der Waals surface area contributed by atoms with E-state index in [1.807, 2.05) is 17.0 Å². The Bertz CT molecular complexity index is 954. The van der Waals surface area contributed by atoms with Crippen molar-refractivity contribution in [2.75, 3.05) is 24.7 Å². The predicted octanol–water partition coefficient (Wildman–Crippen LogP) is 4.31. The number of fused-ring (bicyclic) bond motifs is 1. The molecule has 2 aromatic carbocycles. The number of benzene rings is 2. The molecule has 2 aromatic rings. The summed E-state index contributed by atoms with van der Waals surface area (Å²) in [5.41, 5.74) is 5.50. The number of aryl methyl sites for hydroxylation is 1. The predicted molar refractivity (Wildman–Crippen MR) is 107 cm³/mol. The van der Waals surface area contributed by atoms with Crippen LogP contribution in [0.1, 0.15) is 29.5 Å². The van der Waals surface area contributed by atoms with E-state index in [0.717, 1.165) is 28.9 Å². The molecule has 0 spiro atoms. The third-order valence-corrected chi connectivity index (χ3v) is 5.93. The highest BCUT2D eigenvalue weighted by Gasteiger charge is 2.41. The molecule has 2 heterocycles. The number of esters is 1. The van der Waals surface area contributed by atoms with Crippen molar-refractivity contribution in [1.29, 1.82) is 0 Å². The van der Waals surface area contributed by atoms with Crippen LogP contribution in [-0.2, 0) is 16.0 Å². The Morgan fingerprint density at radius 1 is 1.19 bits per heavy atom. The molecule has 0 aromatic heterocycles. The van der Waals surface area contributed by atoms with Crippen LogP contribution in [0.5, 0.6) is 0 Å². The second-order valence-electron chi connectivity index (χ2n) is 6.67. The summed E-state index contributed by atoms with van der Waals surface area (Å²) in [6.45, 7) is 2.70. The lowest BCUT2D eigenvalue weighted by molar-refractivity contribution is -0.136. The summed E-state index contributed by atoms with van der Waals surface area (Å²) in [6, 6.07) is 11.7. The van der Waals surface area contributed by atoms with Crippen molar-refractivity contribution in [2.45, 2.75) is 19.3 Å². The van der Waals surface area contributed by atoms with Crippen molar-refractivity contribution in [3.8, 4) is 0 Å². The Morgan fingerprint density at radius 2 is 2.00 bits per heavy atom. The van der Waals surface area contributed by atoms with Crippen molar-refractivity contribution in [3.63, 3.8) is 0 Å². The number of ether oxygens (including phenoxy) is 1. The van der Waals surface area contributed by atoms with E-state index in [-0.39, 0.29) is 25.1 Å². The zero-order valence-electron chi connectivity index (χ0n) is 14.8. The van der Waals surface area contributed by atoms with Gasteiger partial charge in [-0.1, -0.05) is 48.3 Å². The molecule has 0 fully saturated rings. The molecule has 1 N–H and O–H groups in total. The maximum atomic E-state index is 12.6. The van der Waals surface area contributed by atoms with Gasteiger partial charge in [-0.15, -0.1) is 0 Å². The minimum atomic E-state index is -0.325. The molecule has 4 nitrogen and oxygen atoms in total. The van der Waals surface area contributed by atoms with E-state index in [1.54, 1.807) is 6.07 Å². The van der Waals surface area contributed by atoms with E-state index < -0.39 is 0 Å². The van der Waals surface area contributed by atoms with E-state index in [2.05, 4.69) is 25.1 Å². The maximum absolute atomic E-state index is 12.6. The fourth-order valence-electron chi connectivity index (χ4n) is 3.90. The minimum absolute atomic E-state index is 0.0157. The number of rotatable bonds is 4. The van der Waals surface area contributed by atoms with Crippen molar-refractivity contribution in [1.82, 2.24) is 0 Å². The first-order valence-electron chi connectivity index (χ1n) is 8.91. The van der Waals surface area contributed by atoms with Gasteiger partial charge in [-0.25, -0.2) is 4.79 Å². The maximum Gasteiger partial charge on any atom is 0.337 e. The quantitative estimate of drug-likeness (QED) is 0.772. The van der Waals surface area contributed by atoms with Gasteiger partial charge in [0.15, 0.2) is 0 Å². The largest absolute Gasteiger partial charge is 0.456 e. The lowest BCUT2D eigenvalue weighted by Crippen LogP contribution is -2.33. The van der Waals surface area contributed by atoms with Crippen LogP contribution in [0.4, 0.5) is 5.69 Å². The lowest BCUT2D eigenvalue weighted by atomic mass is 9.80. The summed E-state index contributed by atoms with van der Waals surface area (Å²) >= 11 is 12.3. The first-order chi connectivity index (χ1) is 13.0. The van der Waals surface area contributed by atoms with Gasteiger partial charge in [-0.05, 0) is 41.3 Å². The van der Waals surface area contributed by atoms with Crippen LogP contribution in [0.2, 0.25) is 10.0 Å². The van der Waals surface area contributed by atoms with Crippen molar-refractivity contribution >= 4 is 34.9 Å². The highest BCUT2D eigenvalue weighted by Crippen LogP contribution is 2.48. The number of hydrogen-bond acceptors (Lipinski definition) is 4. The van der Waals surface area contributed by atoms with E-state index in [9.17, 15) is 9.90 Å². The summed E-state index contributed by atoms with van der Waals surface area (Å²) in [4.78, 5) is 14.6. The Morgan fingerprint density at radius 3 is 2.70 bits per heavy atom. The van der Waals surface area contributed by atoms with Gasteiger partial charge in [-0.3, -0.25) is 0 Å². The number of carbonyl (C=O) groups is 1. The smallest absolute Gasteiger partial charge is 0.337 e. The molecular formula is C21H19Cl2NO3. The molecular weight excluding hydrogens is 385 g/mol. The molecule has 1 atom stereocenters. The second kappa shape index (κ2) is 7.19. The average Bonchev–Trinajstić information content (AvgIpc) is 3.05. The van der Waals surface area contributed by atoms with E-state index in [0.29, 0.717) is 22.2 Å². The number of cyclic esters (lactones) is 1. The summed E-state index contributed by atoms with van der Waals surface area (Å²) < 4.78 is 5.37. The second-order valence-corrected chi connectivity index (χ2v) is 7.48. The zero-order chi connectivity index (χ0) is 19.1. The first-order valence-corrected chi connectivity index (χ1v) is 9.67. The fraction of sp³-hybridized carbons (Fsp3) is 0.286. The molecule has 4 rings (SSSR count). The van der Waals surface area contributed by atoms with Crippen LogP contribution < -0.4 is 4.90 Å². The zero-order valence-corrected chi connectivity index (χ0v) is 16.3. The fourth-order valence-corrected chi connectivity index (χ4v) is 4.20. The highest BCUT2D eigenvalue weighted by atomic mass is 35.5. The standard InChI is InChI=1S/C21H19Cl2NO3/c1-2-12-3-5-14-17(9-12)24(7-8-25)18-11-27-21(26)20(18)19(14)13-4-6-15(22)16(23)10-13/h3-6,9-10,19,25H,2,7-8,11H2,1H3. The lowest BCUT2D eigenvalue weighted by Gasteiger charge is -2.36. The topological polar surface area (TPSA) is 49.8 Å². The van der Waals surface area contributed by atoms with E-state index in [4.69, 9.17) is 27.9 Å². The monoisotopic (exact) mass is 403 g/mol. The normalized spacial score (nSPS) is 18.4. The van der Waals surface area contributed by atoms with Gasteiger partial charge in [0, 0.05) is 18.2 Å². The van der Waals surface area contributed by atoms with Gasteiger partial charge in [0.1, 0.15) is 6.61 Å². The Labute approximate surface area is 168 Å². The minimum Gasteiger partial charge on any atom is -0.456 e. The molecule has 0 amide bonds. The van der Waals surface area contributed by atoms with Gasteiger partial charge in [0.05, 0.1) is 27.9 Å². The number of aliphatic hydroxyl groups excluding tert-OH is 1. The van der Waals surface area contributed by atoms with Crippen molar-refractivity contribution in [2.24, 2.45) is 0 Å². The van der Waals surface area contributed by atoms with E-state index in [1.165, 1.54) is 5.56 Å². The third kappa shape index (κ3) is 3.02. The summed E-state index contributed by atoms with van der Waals surface area (Å²) in [5.74, 6) is -0.602. The Kier molecular flexibility index (Phi) is 4.89. The number of nitrogens with zero attached hydrogens (tertiary/aromatic N) is 1. The van der Waals surface area contributed by atoms with Crippen molar-refractivity contribution < 1.29 is 14.6 Å². The molecule has 0 bridgehead atoms. The molecule has 0 saturated carbocycles. The average molecular weight is 404 g/mol. The van der Waals surface area contributed by atoms with Crippen LogP contribution in [0, 0.1) is 0 Å². The van der Waals surface area contributed by atoms with Crippen LogP contribution in [0.25, 0.3) is 0 Å². The van der Waals surface area contributed by atoms with Gasteiger partial charge < -0.3 is 14.7 Å². The molecule has 2 aliphatic rings. The van der Waals surface area contributed by atoms with Gasteiger partial charge in [-0.2, -0.15) is 0 Å². The van der Waals surface area contributed by atoms with E-state index >= 15 is 0 Å². The SMILES string of the molecule is CCc1ccc2c(c1)N(CCO)C1=C(C(=O)OC1)C2c1ccc(Cl)c(Cl)c1. The number of anilines is 1. The van der Waals surface area contributed by atoms with Crippen LogP contribution in [0.15, 0.2) is 47.7 Å². The molecule has 0 radical (unpaired) electrons. The third-order valence-electron chi connectivity index (χ3n) is 5.19. The van der Waals surface area contributed by atoms with Gasteiger partial charge in [0.25, 0.3) is 0 Å². The molecule has 0 saturated heterocycles. The number of carbonyl (C=O) groups excluding carboxylic acids is 1. The highest BCUT2D eigenvalue weighted by molar-refractivity contribution is 6.42. The molecule has 0 aliphatic carbocycles. The first kappa shape index (κ1) is 18.4. The molecule has 1 unspecified atom stereocenters. The Balaban J connectivity index is 1.96. The summed E-state index contributed by atoms with van der Waals surface area (Å²) in [7, 11) is 0. The van der Waals surface area contributed by atoms with Crippen LogP contribution >= 0.6 is 23.2 Å². The number of aliphatic hydroxyl groups is 1. The summed E-state index contributed by atoms with van der Waals surface area (Å²) in [5, 5.41) is 10.5. The number of hydrogen-bond donors (Lipinski definition) is 1. The van der Waals surface area contributed by atoms with Crippen LogP contribution in [-0.4, -0.2) is 30.8 Å². The van der Waals surface area contributed by atoms with Crippen LogP contribution in [0.3, 0.4) is 0 Å². The molecule has 140 valence electrons. The Hall–Kier alpha value is -2.01. The molecule has 27 heavy (non-hydrogen) atoms. The van der Waals surface area contributed by atoms with Gasteiger partial charge >= 0.3 is 5.97 Å². The molecule has 6 heteroatoms. The number of halogens is 2. The number of β-amino-alcohol motifs (C(OH)–C–C–N with tert-alkyl or cyclic N) is 1.